The predicted molar refractivity (Wildman–Crippen MR) is 85.4 cm³/mol. The highest BCUT2D eigenvalue weighted by molar-refractivity contribution is 5.85. The summed E-state index contributed by atoms with van der Waals surface area (Å²) in [4.78, 5) is 20.2. The first-order valence-electron chi connectivity index (χ1n) is 6.99. The van der Waals surface area contributed by atoms with Gasteiger partial charge in [-0.3, -0.25) is 4.79 Å². The quantitative estimate of drug-likeness (QED) is 0.816. The molecule has 0 aromatic heterocycles. The van der Waals surface area contributed by atoms with Gasteiger partial charge in [0, 0.05) is 12.5 Å². The van der Waals surface area contributed by atoms with Crippen LogP contribution in [0.25, 0.3) is 6.08 Å². The molecular weight excluding hydrogens is 318 g/mol. The van der Waals surface area contributed by atoms with Gasteiger partial charge in [0.1, 0.15) is 11.6 Å². The van der Waals surface area contributed by atoms with Crippen LogP contribution in [0.1, 0.15) is 17.5 Å². The van der Waals surface area contributed by atoms with E-state index in [0.29, 0.717) is 12.0 Å². The van der Waals surface area contributed by atoms with Gasteiger partial charge in [-0.25, -0.2) is 13.6 Å². The largest absolute Gasteiger partial charge is 0.481 e. The van der Waals surface area contributed by atoms with Crippen LogP contribution in [0.2, 0.25) is 0 Å². The molecule has 0 radical (unpaired) electrons. The number of carboxylic acids is 2. The first kappa shape index (κ1) is 19.0. The van der Waals surface area contributed by atoms with Crippen LogP contribution < -0.4 is 0 Å². The number of aliphatic carboxylic acids is 2. The zero-order chi connectivity index (χ0) is 17.9. The van der Waals surface area contributed by atoms with Crippen molar-refractivity contribution in [1.29, 1.82) is 0 Å². The normalized spacial score (nSPS) is 10.1. The van der Waals surface area contributed by atoms with Gasteiger partial charge in [0.2, 0.25) is 0 Å². The molecule has 0 fully saturated rings. The molecule has 126 valence electrons. The minimum Gasteiger partial charge on any atom is -0.481 e. The molecule has 0 aliphatic carbocycles. The number of rotatable bonds is 5. The summed E-state index contributed by atoms with van der Waals surface area (Å²) in [5, 5.41) is 16.6. The summed E-state index contributed by atoms with van der Waals surface area (Å²) in [5.41, 5.74) is 1.26. The third kappa shape index (κ3) is 8.43. The third-order valence-corrected chi connectivity index (χ3v) is 2.78. The molecule has 6 heteroatoms. The van der Waals surface area contributed by atoms with Crippen LogP contribution >= 0.6 is 0 Å². The highest BCUT2D eigenvalue weighted by Gasteiger charge is 1.99. The SMILES string of the molecule is O=C(O)C=Cc1cccc(F)c1.O=C(O)CCc1cccc(F)c1. The fourth-order valence-electron chi connectivity index (χ4n) is 1.72. The van der Waals surface area contributed by atoms with E-state index in [1.807, 2.05) is 0 Å². The summed E-state index contributed by atoms with van der Waals surface area (Å²) in [6.07, 6.45) is 2.73. The number of halogens is 2. The lowest BCUT2D eigenvalue weighted by atomic mass is 10.1. The molecule has 0 atom stereocenters. The van der Waals surface area contributed by atoms with E-state index < -0.39 is 11.9 Å². The summed E-state index contributed by atoms with van der Waals surface area (Å²) in [6.45, 7) is 0. The number of aryl methyl sites for hydroxylation is 1. The number of carbonyl (C=O) groups is 2. The molecule has 24 heavy (non-hydrogen) atoms. The molecule has 2 rings (SSSR count). The summed E-state index contributed by atoms with van der Waals surface area (Å²) < 4.78 is 25.1. The van der Waals surface area contributed by atoms with E-state index >= 15 is 0 Å². The van der Waals surface area contributed by atoms with Gasteiger partial charge >= 0.3 is 11.9 Å². The lowest BCUT2D eigenvalue weighted by Gasteiger charge is -1.97. The van der Waals surface area contributed by atoms with Gasteiger partial charge in [0.25, 0.3) is 0 Å². The van der Waals surface area contributed by atoms with Crippen LogP contribution in [0, 0.1) is 11.6 Å². The Bertz CT molecular complexity index is 726. The van der Waals surface area contributed by atoms with E-state index in [4.69, 9.17) is 10.2 Å². The second kappa shape index (κ2) is 9.89. The van der Waals surface area contributed by atoms with Crippen molar-refractivity contribution < 1.29 is 28.6 Å². The van der Waals surface area contributed by atoms with Crippen molar-refractivity contribution in [2.24, 2.45) is 0 Å². The molecule has 2 N–H and O–H groups in total. The predicted octanol–water partition coefficient (Wildman–Crippen LogP) is 3.77. The van der Waals surface area contributed by atoms with Crippen molar-refractivity contribution in [1.82, 2.24) is 0 Å². The van der Waals surface area contributed by atoms with Crippen LogP contribution in [-0.2, 0) is 16.0 Å². The maximum absolute atomic E-state index is 12.5. The Morgan fingerprint density at radius 3 is 2.12 bits per heavy atom. The Morgan fingerprint density at radius 2 is 1.58 bits per heavy atom. The maximum atomic E-state index is 12.5. The topological polar surface area (TPSA) is 74.6 Å². The van der Waals surface area contributed by atoms with Crippen LogP contribution in [0.3, 0.4) is 0 Å². The van der Waals surface area contributed by atoms with Crippen molar-refractivity contribution in [3.8, 4) is 0 Å². The van der Waals surface area contributed by atoms with E-state index in [1.54, 1.807) is 18.2 Å². The molecule has 2 aromatic carbocycles. The Morgan fingerprint density at radius 1 is 0.958 bits per heavy atom. The highest BCUT2D eigenvalue weighted by Crippen LogP contribution is 2.06. The molecule has 0 bridgehead atoms. The third-order valence-electron chi connectivity index (χ3n) is 2.78. The van der Waals surface area contributed by atoms with E-state index in [2.05, 4.69) is 0 Å². The Hall–Kier alpha value is -3.02. The van der Waals surface area contributed by atoms with Crippen molar-refractivity contribution >= 4 is 18.0 Å². The molecule has 0 aliphatic rings. The molecule has 0 spiro atoms. The van der Waals surface area contributed by atoms with Gasteiger partial charge in [-0.05, 0) is 47.9 Å². The number of carboxylic acid groups (broad SMARTS) is 2. The van der Waals surface area contributed by atoms with Crippen molar-refractivity contribution in [2.75, 3.05) is 0 Å². The number of hydrogen-bond donors (Lipinski definition) is 2. The van der Waals surface area contributed by atoms with E-state index in [1.165, 1.54) is 36.4 Å². The van der Waals surface area contributed by atoms with Gasteiger partial charge in [-0.15, -0.1) is 0 Å². The van der Waals surface area contributed by atoms with Gasteiger partial charge in [-0.2, -0.15) is 0 Å². The maximum Gasteiger partial charge on any atom is 0.328 e. The minimum atomic E-state index is -1.04. The first-order chi connectivity index (χ1) is 11.4. The Labute approximate surface area is 137 Å². The van der Waals surface area contributed by atoms with Crippen LogP contribution in [0.15, 0.2) is 54.6 Å². The molecule has 0 saturated carbocycles. The fraction of sp³-hybridized carbons (Fsp3) is 0.111. The average Bonchev–Trinajstić information content (AvgIpc) is 2.52. The van der Waals surface area contributed by atoms with E-state index in [9.17, 15) is 18.4 Å². The zero-order valence-corrected chi connectivity index (χ0v) is 12.7. The smallest absolute Gasteiger partial charge is 0.328 e. The van der Waals surface area contributed by atoms with E-state index in [0.717, 1.165) is 11.6 Å². The van der Waals surface area contributed by atoms with Crippen molar-refractivity contribution in [3.05, 3.63) is 77.4 Å². The number of benzene rings is 2. The van der Waals surface area contributed by atoms with Crippen LogP contribution in [0.5, 0.6) is 0 Å². The number of hydrogen-bond acceptors (Lipinski definition) is 2. The average molecular weight is 334 g/mol. The molecule has 2 aromatic rings. The standard InChI is InChI=1S/C9H9FO2.C9H7FO2/c2*10-8-3-1-2-7(6-8)4-5-9(11)12/h1-3,6H,4-5H2,(H,11,12);1-6H,(H,11,12). The molecule has 0 amide bonds. The first-order valence-corrected chi connectivity index (χ1v) is 6.99. The second-order valence-corrected chi connectivity index (χ2v) is 4.75. The zero-order valence-electron chi connectivity index (χ0n) is 12.7. The summed E-state index contributed by atoms with van der Waals surface area (Å²) in [7, 11) is 0. The van der Waals surface area contributed by atoms with Gasteiger partial charge < -0.3 is 10.2 Å². The minimum absolute atomic E-state index is 0.0451. The molecule has 4 nitrogen and oxygen atoms in total. The Balaban J connectivity index is 0.000000240. The molecular formula is C18H16F2O4. The van der Waals surface area contributed by atoms with Gasteiger partial charge in [-0.1, -0.05) is 24.3 Å². The molecule has 0 heterocycles. The monoisotopic (exact) mass is 334 g/mol. The van der Waals surface area contributed by atoms with Gasteiger partial charge in [0.15, 0.2) is 0 Å². The van der Waals surface area contributed by atoms with Crippen molar-refractivity contribution in [3.63, 3.8) is 0 Å². The second-order valence-electron chi connectivity index (χ2n) is 4.75. The van der Waals surface area contributed by atoms with Crippen LogP contribution in [0.4, 0.5) is 8.78 Å². The molecule has 0 unspecified atom stereocenters. The van der Waals surface area contributed by atoms with Crippen molar-refractivity contribution in [2.45, 2.75) is 12.8 Å². The summed E-state index contributed by atoms with van der Waals surface area (Å²) in [6, 6.07) is 11.7. The molecule has 0 aliphatic heterocycles. The Kier molecular flexibility index (Phi) is 7.84. The molecule has 0 saturated heterocycles. The summed E-state index contributed by atoms with van der Waals surface area (Å²) >= 11 is 0. The van der Waals surface area contributed by atoms with Crippen LogP contribution in [-0.4, -0.2) is 22.2 Å². The highest BCUT2D eigenvalue weighted by atomic mass is 19.1. The summed E-state index contributed by atoms with van der Waals surface area (Å²) in [5.74, 6) is -2.60. The van der Waals surface area contributed by atoms with E-state index in [-0.39, 0.29) is 18.1 Å². The lowest BCUT2D eigenvalue weighted by Crippen LogP contribution is -1.97. The fourth-order valence-corrected chi connectivity index (χ4v) is 1.72. The lowest BCUT2D eigenvalue weighted by molar-refractivity contribution is -0.137. The van der Waals surface area contributed by atoms with Gasteiger partial charge in [0.05, 0.1) is 0 Å².